The molecule has 0 aliphatic heterocycles. The molecule has 0 heterocycles. The summed E-state index contributed by atoms with van der Waals surface area (Å²) in [5, 5.41) is 0. The molecular weight excluding hydrogens is 194 g/mol. The summed E-state index contributed by atoms with van der Waals surface area (Å²) in [7, 11) is 0. The van der Waals surface area contributed by atoms with Crippen molar-refractivity contribution in [3.05, 3.63) is 23.3 Å². The number of hydrogen-bond acceptors (Lipinski definition) is 2. The van der Waals surface area contributed by atoms with Crippen molar-refractivity contribution < 1.29 is 4.55 Å². The van der Waals surface area contributed by atoms with Crippen LogP contribution < -0.4 is 4.72 Å². The van der Waals surface area contributed by atoms with E-state index in [4.69, 9.17) is 0 Å². The summed E-state index contributed by atoms with van der Waals surface area (Å²) in [6, 6.07) is 0. The fourth-order valence-electron chi connectivity index (χ4n) is 1.02. The fourth-order valence-corrected chi connectivity index (χ4v) is 1.34. The third-order valence-corrected chi connectivity index (χ3v) is 2.40. The second-order valence-electron chi connectivity index (χ2n) is 3.67. The zero-order valence-corrected chi connectivity index (χ0v) is 10.4. The van der Waals surface area contributed by atoms with Crippen LogP contribution in [0.1, 0.15) is 33.6 Å². The molecule has 82 valence electrons. The normalized spacial score (nSPS) is 13.9. The predicted octanol–water partition coefficient (Wildman–Crippen LogP) is 2.56. The van der Waals surface area contributed by atoms with Gasteiger partial charge in [-0.1, -0.05) is 23.3 Å². The minimum Gasteiger partial charge on any atom is -0.598 e. The van der Waals surface area contributed by atoms with E-state index in [1.165, 1.54) is 11.1 Å². The number of hydrogen-bond donors (Lipinski definition) is 1. The lowest BCUT2D eigenvalue weighted by Gasteiger charge is -2.03. The van der Waals surface area contributed by atoms with Crippen LogP contribution in [0.2, 0.25) is 0 Å². The molecule has 0 amide bonds. The molecule has 0 radical (unpaired) electrons. The van der Waals surface area contributed by atoms with E-state index in [2.05, 4.69) is 37.6 Å². The first kappa shape index (κ1) is 13.8. The van der Waals surface area contributed by atoms with E-state index in [9.17, 15) is 4.55 Å². The largest absolute Gasteiger partial charge is 0.598 e. The van der Waals surface area contributed by atoms with Gasteiger partial charge in [0.1, 0.15) is 6.26 Å². The van der Waals surface area contributed by atoms with E-state index < -0.39 is 11.4 Å². The molecule has 0 aromatic carbocycles. The van der Waals surface area contributed by atoms with E-state index >= 15 is 0 Å². The van der Waals surface area contributed by atoms with Gasteiger partial charge in [-0.2, -0.15) is 0 Å². The van der Waals surface area contributed by atoms with Crippen LogP contribution in [0.3, 0.4) is 0 Å². The van der Waals surface area contributed by atoms with Gasteiger partial charge in [-0.25, -0.2) is 0 Å². The molecule has 0 saturated heterocycles. The topological polar surface area (TPSA) is 35.1 Å². The molecule has 2 nitrogen and oxygen atoms in total. The van der Waals surface area contributed by atoms with Crippen LogP contribution in [0, 0.1) is 0 Å². The second-order valence-corrected chi connectivity index (χ2v) is 4.87. The molecule has 0 aliphatic carbocycles. The molecule has 0 aliphatic rings. The van der Waals surface area contributed by atoms with E-state index in [0.717, 1.165) is 12.8 Å². The van der Waals surface area contributed by atoms with Gasteiger partial charge in [0, 0.05) is 11.4 Å². The second kappa shape index (κ2) is 8.09. The number of nitrogens with one attached hydrogen (secondary N) is 1. The summed E-state index contributed by atoms with van der Waals surface area (Å²) < 4.78 is 13.5. The van der Waals surface area contributed by atoms with E-state index in [1.54, 1.807) is 6.26 Å². The Balaban J connectivity index is 3.62. The minimum absolute atomic E-state index is 0.698. The van der Waals surface area contributed by atoms with Crippen molar-refractivity contribution >= 4 is 11.4 Å². The number of allylic oxidation sites excluding steroid dienone is 3. The van der Waals surface area contributed by atoms with E-state index in [1.807, 2.05) is 0 Å². The van der Waals surface area contributed by atoms with Crippen LogP contribution in [0.25, 0.3) is 0 Å². The van der Waals surface area contributed by atoms with Gasteiger partial charge < -0.3 is 4.55 Å². The third kappa shape index (κ3) is 9.84. The monoisotopic (exact) mass is 215 g/mol. The molecular formula is C11H21NOS. The van der Waals surface area contributed by atoms with Gasteiger partial charge in [0.05, 0.1) is 6.54 Å². The van der Waals surface area contributed by atoms with Crippen LogP contribution in [0.15, 0.2) is 23.3 Å². The van der Waals surface area contributed by atoms with Gasteiger partial charge in [0.15, 0.2) is 0 Å². The van der Waals surface area contributed by atoms with Crippen molar-refractivity contribution in [2.45, 2.75) is 33.6 Å². The molecule has 1 atom stereocenters. The van der Waals surface area contributed by atoms with Crippen molar-refractivity contribution in [3.63, 3.8) is 0 Å². The average molecular weight is 215 g/mol. The Kier molecular flexibility index (Phi) is 7.95. The first-order chi connectivity index (χ1) is 6.52. The molecule has 0 rings (SSSR count). The Morgan fingerprint density at radius 1 is 1.29 bits per heavy atom. The van der Waals surface area contributed by atoms with Crippen LogP contribution in [-0.2, 0) is 11.4 Å². The van der Waals surface area contributed by atoms with Crippen LogP contribution in [0.4, 0.5) is 0 Å². The summed E-state index contributed by atoms with van der Waals surface area (Å²) >= 11 is -0.902. The first-order valence-electron chi connectivity index (χ1n) is 4.88. The highest BCUT2D eigenvalue weighted by Crippen LogP contribution is 2.05. The zero-order chi connectivity index (χ0) is 11.0. The highest BCUT2D eigenvalue weighted by molar-refractivity contribution is 7.88. The van der Waals surface area contributed by atoms with Gasteiger partial charge in [0.2, 0.25) is 0 Å². The van der Waals surface area contributed by atoms with Crippen LogP contribution >= 0.6 is 0 Å². The minimum atomic E-state index is -0.902. The van der Waals surface area contributed by atoms with Crippen molar-refractivity contribution in [2.75, 3.05) is 12.8 Å². The first-order valence-corrected chi connectivity index (χ1v) is 6.44. The fraction of sp³-hybridized carbons (Fsp3) is 0.636. The molecule has 1 unspecified atom stereocenters. The van der Waals surface area contributed by atoms with Crippen molar-refractivity contribution in [3.8, 4) is 0 Å². The molecule has 0 spiro atoms. The third-order valence-electron chi connectivity index (χ3n) is 1.83. The molecule has 0 aromatic rings. The SMILES string of the molecule is CC(C)=CCC/C(C)=C/CN[S+](C)[O-]. The van der Waals surface area contributed by atoms with Crippen molar-refractivity contribution in [2.24, 2.45) is 0 Å². The maximum Gasteiger partial charge on any atom is 0.115 e. The molecule has 3 heteroatoms. The summed E-state index contributed by atoms with van der Waals surface area (Å²) in [5.41, 5.74) is 2.71. The van der Waals surface area contributed by atoms with E-state index in [0.29, 0.717) is 6.54 Å². The molecule has 0 saturated carbocycles. The Hall–Kier alpha value is -0.250. The Morgan fingerprint density at radius 2 is 1.93 bits per heavy atom. The van der Waals surface area contributed by atoms with Crippen LogP contribution in [0.5, 0.6) is 0 Å². The summed E-state index contributed by atoms with van der Waals surface area (Å²) in [4.78, 5) is 0. The predicted molar refractivity (Wildman–Crippen MR) is 64.5 cm³/mol. The van der Waals surface area contributed by atoms with Crippen molar-refractivity contribution in [1.82, 2.24) is 4.72 Å². The average Bonchev–Trinajstić information content (AvgIpc) is 2.02. The zero-order valence-electron chi connectivity index (χ0n) is 9.59. The summed E-state index contributed by atoms with van der Waals surface area (Å²) in [6.45, 7) is 7.03. The van der Waals surface area contributed by atoms with E-state index in [-0.39, 0.29) is 0 Å². The van der Waals surface area contributed by atoms with Gasteiger partial charge in [-0.05, 0) is 33.6 Å². The molecule has 0 fully saturated rings. The molecule has 0 bridgehead atoms. The smallest absolute Gasteiger partial charge is 0.115 e. The molecule has 1 N–H and O–H groups in total. The Labute approximate surface area is 90.8 Å². The Morgan fingerprint density at radius 3 is 2.43 bits per heavy atom. The Bertz CT molecular complexity index is 205. The summed E-state index contributed by atoms with van der Waals surface area (Å²) in [6.07, 6.45) is 8.17. The van der Waals surface area contributed by atoms with Gasteiger partial charge in [0.25, 0.3) is 0 Å². The maximum atomic E-state index is 10.7. The maximum absolute atomic E-state index is 10.7. The van der Waals surface area contributed by atoms with Gasteiger partial charge in [-0.3, -0.25) is 0 Å². The molecule has 14 heavy (non-hydrogen) atoms. The lowest BCUT2D eigenvalue weighted by molar-refractivity contribution is 0.590. The summed E-state index contributed by atoms with van der Waals surface area (Å²) in [5.74, 6) is 0. The standard InChI is InChI=1S/C11H21NOS/c1-10(2)6-5-7-11(3)8-9-12-14(4)13/h6,8,12H,5,7,9H2,1-4H3/b11-8+. The highest BCUT2D eigenvalue weighted by atomic mass is 32.2. The highest BCUT2D eigenvalue weighted by Gasteiger charge is 1.93. The van der Waals surface area contributed by atoms with Gasteiger partial charge in [-0.15, -0.1) is 4.72 Å². The number of rotatable bonds is 6. The molecule has 0 aromatic heterocycles. The lowest BCUT2D eigenvalue weighted by atomic mass is 10.1. The lowest BCUT2D eigenvalue weighted by Crippen LogP contribution is -2.21. The van der Waals surface area contributed by atoms with Crippen LogP contribution in [-0.4, -0.2) is 17.4 Å². The van der Waals surface area contributed by atoms with Crippen molar-refractivity contribution in [1.29, 1.82) is 0 Å². The van der Waals surface area contributed by atoms with Gasteiger partial charge >= 0.3 is 0 Å². The quantitative estimate of drug-likeness (QED) is 0.546.